The Kier molecular flexibility index (Phi) is 4.19. The van der Waals surface area contributed by atoms with Gasteiger partial charge in [0.05, 0.1) is 14.6 Å². The maximum atomic E-state index is 13.8. The Hall–Kier alpha value is -1.03. The Bertz CT molecular complexity index is 757. The molecule has 8 heteroatoms. The summed E-state index contributed by atoms with van der Waals surface area (Å²) in [5.41, 5.74) is -1.50. The summed E-state index contributed by atoms with van der Waals surface area (Å²) < 4.78 is 28.8. The van der Waals surface area contributed by atoms with Gasteiger partial charge in [0.2, 0.25) is 0 Å². The lowest BCUT2D eigenvalue weighted by atomic mass is 10.2. The van der Waals surface area contributed by atoms with Gasteiger partial charge in [0.25, 0.3) is 5.56 Å². The molecule has 0 amide bonds. The van der Waals surface area contributed by atoms with Crippen LogP contribution in [0, 0.1) is 15.2 Å². The number of aromatic nitrogens is 2. The van der Waals surface area contributed by atoms with E-state index in [1.807, 2.05) is 0 Å². The Balaban J connectivity index is 2.54. The molecule has 0 radical (unpaired) electrons. The van der Waals surface area contributed by atoms with E-state index in [9.17, 15) is 18.4 Å². The highest BCUT2D eigenvalue weighted by atomic mass is 127. The molecule has 0 bridgehead atoms. The lowest BCUT2D eigenvalue weighted by Crippen LogP contribution is -2.31. The molecule has 0 atom stereocenters. The van der Waals surface area contributed by atoms with Crippen LogP contribution in [0.2, 0.25) is 0 Å². The molecular formula is C11H6BrF2IN2O2. The topological polar surface area (TPSA) is 54.9 Å². The van der Waals surface area contributed by atoms with Crippen LogP contribution in [0.3, 0.4) is 0 Å². The molecule has 0 unspecified atom stereocenters. The summed E-state index contributed by atoms with van der Waals surface area (Å²) in [6.07, 6.45) is 1.25. The third kappa shape index (κ3) is 2.94. The Labute approximate surface area is 127 Å². The molecule has 0 saturated carbocycles. The van der Waals surface area contributed by atoms with E-state index in [0.717, 1.165) is 10.6 Å². The van der Waals surface area contributed by atoms with Crippen molar-refractivity contribution in [2.75, 3.05) is 0 Å². The number of nitrogens with one attached hydrogen (secondary N) is 1. The molecule has 0 aliphatic heterocycles. The highest BCUT2D eigenvalue weighted by Crippen LogP contribution is 2.22. The number of aromatic amines is 1. The summed E-state index contributed by atoms with van der Waals surface area (Å²) >= 11 is 4.68. The quantitative estimate of drug-likeness (QED) is 0.572. The second-order valence-corrected chi connectivity index (χ2v) is 5.70. The van der Waals surface area contributed by atoms with E-state index < -0.39 is 22.9 Å². The van der Waals surface area contributed by atoms with Crippen LogP contribution in [0.1, 0.15) is 5.56 Å². The van der Waals surface area contributed by atoms with E-state index in [4.69, 9.17) is 0 Å². The van der Waals surface area contributed by atoms with Crippen molar-refractivity contribution in [2.24, 2.45) is 0 Å². The lowest BCUT2D eigenvalue weighted by molar-refractivity contribution is 0.535. The molecule has 0 spiro atoms. The average Bonchev–Trinajstić information content (AvgIpc) is 2.36. The predicted octanol–water partition coefficient (Wildman–Crippen LogP) is 2.23. The summed E-state index contributed by atoms with van der Waals surface area (Å²) in [7, 11) is 0. The van der Waals surface area contributed by atoms with Crippen molar-refractivity contribution in [3.63, 3.8) is 0 Å². The van der Waals surface area contributed by atoms with Crippen LogP contribution in [0.5, 0.6) is 0 Å². The lowest BCUT2D eigenvalue weighted by Gasteiger charge is -2.09. The van der Waals surface area contributed by atoms with E-state index in [0.29, 0.717) is 0 Å². The average molecular weight is 443 g/mol. The van der Waals surface area contributed by atoms with E-state index in [1.165, 1.54) is 12.3 Å². The fourth-order valence-corrected chi connectivity index (χ4v) is 2.33. The van der Waals surface area contributed by atoms with Gasteiger partial charge >= 0.3 is 5.69 Å². The van der Waals surface area contributed by atoms with E-state index in [1.54, 1.807) is 22.6 Å². The summed E-state index contributed by atoms with van der Waals surface area (Å²) in [4.78, 5) is 24.8. The molecule has 1 N–H and O–H groups in total. The third-order valence-corrected chi connectivity index (χ3v) is 3.82. The van der Waals surface area contributed by atoms with Crippen molar-refractivity contribution in [3.05, 3.63) is 64.4 Å². The second kappa shape index (κ2) is 5.53. The van der Waals surface area contributed by atoms with Crippen molar-refractivity contribution < 1.29 is 8.78 Å². The minimum atomic E-state index is -0.770. The standard InChI is InChI=1S/C11H6BrF2IN2O2/c12-6-1-2-7(13)5(9(6)14)3-17-4-8(15)10(18)16-11(17)19/h1-2,4H,3H2,(H,16,18,19). The molecule has 1 aromatic heterocycles. The van der Waals surface area contributed by atoms with Gasteiger partial charge in [-0.15, -0.1) is 0 Å². The number of rotatable bonds is 2. The van der Waals surface area contributed by atoms with Crippen LogP contribution < -0.4 is 11.2 Å². The van der Waals surface area contributed by atoms with Crippen LogP contribution in [0.15, 0.2) is 32.4 Å². The predicted molar refractivity (Wildman–Crippen MR) is 77.2 cm³/mol. The van der Waals surface area contributed by atoms with Crippen LogP contribution in [0.25, 0.3) is 0 Å². The molecule has 2 aromatic rings. The van der Waals surface area contributed by atoms with Crippen molar-refractivity contribution in [2.45, 2.75) is 6.54 Å². The molecule has 0 aliphatic rings. The maximum absolute atomic E-state index is 13.8. The number of benzene rings is 1. The molecule has 2 rings (SSSR count). The smallest absolute Gasteiger partial charge is 0.295 e. The summed E-state index contributed by atoms with van der Waals surface area (Å²) in [5, 5.41) is 0. The van der Waals surface area contributed by atoms with Gasteiger partial charge in [0.1, 0.15) is 11.6 Å². The zero-order valence-electron chi connectivity index (χ0n) is 9.21. The molecule has 1 heterocycles. The molecule has 1 aromatic carbocycles. The van der Waals surface area contributed by atoms with Crippen LogP contribution in [0.4, 0.5) is 8.78 Å². The Morgan fingerprint density at radius 1 is 1.32 bits per heavy atom. The van der Waals surface area contributed by atoms with Gasteiger partial charge in [-0.25, -0.2) is 13.6 Å². The number of hydrogen-bond donors (Lipinski definition) is 1. The Morgan fingerprint density at radius 3 is 2.68 bits per heavy atom. The molecule has 0 fully saturated rings. The van der Waals surface area contributed by atoms with Gasteiger partial charge in [-0.05, 0) is 50.7 Å². The van der Waals surface area contributed by atoms with Crippen molar-refractivity contribution >= 4 is 38.5 Å². The molecule has 4 nitrogen and oxygen atoms in total. The van der Waals surface area contributed by atoms with E-state index in [-0.39, 0.29) is 20.2 Å². The maximum Gasteiger partial charge on any atom is 0.328 e. The van der Waals surface area contributed by atoms with Crippen LogP contribution in [-0.4, -0.2) is 9.55 Å². The van der Waals surface area contributed by atoms with Gasteiger partial charge in [0, 0.05) is 11.8 Å². The molecule has 0 saturated heterocycles. The van der Waals surface area contributed by atoms with Gasteiger partial charge in [-0.3, -0.25) is 14.3 Å². The number of nitrogens with zero attached hydrogens (tertiary/aromatic N) is 1. The highest BCUT2D eigenvalue weighted by molar-refractivity contribution is 14.1. The van der Waals surface area contributed by atoms with Crippen molar-refractivity contribution in [1.82, 2.24) is 9.55 Å². The highest BCUT2D eigenvalue weighted by Gasteiger charge is 2.14. The van der Waals surface area contributed by atoms with Crippen molar-refractivity contribution in [3.8, 4) is 0 Å². The normalized spacial score (nSPS) is 10.7. The first kappa shape index (κ1) is 14.4. The molecule has 100 valence electrons. The van der Waals surface area contributed by atoms with Gasteiger partial charge in [-0.2, -0.15) is 0 Å². The first-order valence-electron chi connectivity index (χ1n) is 5.02. The summed E-state index contributed by atoms with van der Waals surface area (Å²) in [5.74, 6) is -1.53. The number of hydrogen-bond acceptors (Lipinski definition) is 2. The SMILES string of the molecule is O=c1[nH]c(=O)n(Cc2c(F)ccc(Br)c2F)cc1I. The van der Waals surface area contributed by atoms with Gasteiger partial charge < -0.3 is 0 Å². The van der Waals surface area contributed by atoms with Crippen molar-refractivity contribution in [1.29, 1.82) is 0 Å². The minimum Gasteiger partial charge on any atom is -0.295 e. The minimum absolute atomic E-state index is 0.107. The molecular weight excluding hydrogens is 437 g/mol. The first-order chi connectivity index (χ1) is 8.90. The third-order valence-electron chi connectivity index (χ3n) is 2.43. The molecule has 0 aliphatic carbocycles. The largest absolute Gasteiger partial charge is 0.328 e. The number of halogens is 4. The van der Waals surface area contributed by atoms with E-state index in [2.05, 4.69) is 20.9 Å². The zero-order chi connectivity index (χ0) is 14.2. The van der Waals surface area contributed by atoms with Gasteiger partial charge in [-0.1, -0.05) is 0 Å². The summed E-state index contributed by atoms with van der Waals surface area (Å²) in [6, 6.07) is 2.34. The van der Waals surface area contributed by atoms with Crippen LogP contribution in [-0.2, 0) is 6.54 Å². The molecule has 19 heavy (non-hydrogen) atoms. The Morgan fingerprint density at radius 2 is 2.00 bits per heavy atom. The van der Waals surface area contributed by atoms with Crippen LogP contribution >= 0.6 is 38.5 Å². The summed E-state index contributed by atoms with van der Waals surface area (Å²) in [6.45, 7) is -0.303. The second-order valence-electron chi connectivity index (χ2n) is 3.69. The first-order valence-corrected chi connectivity index (χ1v) is 6.89. The fraction of sp³-hybridized carbons (Fsp3) is 0.0909. The van der Waals surface area contributed by atoms with Gasteiger partial charge in [0.15, 0.2) is 0 Å². The zero-order valence-corrected chi connectivity index (χ0v) is 13.0. The fourth-order valence-electron chi connectivity index (χ4n) is 1.48. The van der Waals surface area contributed by atoms with E-state index >= 15 is 0 Å². The number of H-pyrrole nitrogens is 1. The monoisotopic (exact) mass is 442 g/mol.